The van der Waals surface area contributed by atoms with Crippen molar-refractivity contribution < 1.29 is 17.9 Å². The number of benzene rings is 1. The monoisotopic (exact) mass is 356 g/mol. The highest BCUT2D eigenvalue weighted by Gasteiger charge is 2.26. The maximum absolute atomic E-state index is 12.2. The first-order valence-electron chi connectivity index (χ1n) is 8.41. The number of methoxy groups -OCH3 is 2. The number of hydrogen-bond donors (Lipinski definition) is 0. The Labute approximate surface area is 145 Å². The minimum absolute atomic E-state index is 0.263. The standard InChI is InChI=1S/C17H28N2O4S/c1-4-5-12-24(20,21)19-10-8-18(9-11-19)14-15-6-7-16(22-2)17(13-15)23-3/h6-7,13H,4-5,8-12,14H2,1-3H3. The first-order valence-corrected chi connectivity index (χ1v) is 10.0. The van der Waals surface area contributed by atoms with Crippen LogP contribution in [0.5, 0.6) is 11.5 Å². The molecule has 0 spiro atoms. The summed E-state index contributed by atoms with van der Waals surface area (Å²) in [5.74, 6) is 1.70. The topological polar surface area (TPSA) is 59.1 Å². The highest BCUT2D eigenvalue weighted by molar-refractivity contribution is 7.89. The SMILES string of the molecule is CCCCS(=O)(=O)N1CCN(Cc2ccc(OC)c(OC)c2)CC1. The van der Waals surface area contributed by atoms with Crippen molar-refractivity contribution in [1.29, 1.82) is 0 Å². The van der Waals surface area contributed by atoms with E-state index in [-0.39, 0.29) is 5.75 Å². The van der Waals surface area contributed by atoms with Crippen LogP contribution in [-0.4, -0.2) is 63.8 Å². The van der Waals surface area contributed by atoms with Gasteiger partial charge in [-0.05, 0) is 24.1 Å². The quantitative estimate of drug-likeness (QED) is 0.713. The summed E-state index contributed by atoms with van der Waals surface area (Å²) in [7, 11) is 0.156. The van der Waals surface area contributed by atoms with Crippen LogP contribution in [0, 0.1) is 0 Å². The van der Waals surface area contributed by atoms with Gasteiger partial charge in [0.15, 0.2) is 11.5 Å². The lowest BCUT2D eigenvalue weighted by atomic mass is 10.1. The number of rotatable bonds is 8. The van der Waals surface area contributed by atoms with Gasteiger partial charge in [0, 0.05) is 32.7 Å². The van der Waals surface area contributed by atoms with Gasteiger partial charge >= 0.3 is 0 Å². The van der Waals surface area contributed by atoms with E-state index in [2.05, 4.69) is 4.90 Å². The molecule has 1 heterocycles. The molecular formula is C17H28N2O4S. The van der Waals surface area contributed by atoms with Crippen LogP contribution in [0.2, 0.25) is 0 Å². The highest BCUT2D eigenvalue weighted by atomic mass is 32.2. The molecule has 0 radical (unpaired) electrons. The van der Waals surface area contributed by atoms with E-state index < -0.39 is 10.0 Å². The third-order valence-corrected chi connectivity index (χ3v) is 6.29. The van der Waals surface area contributed by atoms with E-state index in [1.165, 1.54) is 0 Å². The van der Waals surface area contributed by atoms with Crippen molar-refractivity contribution in [2.75, 3.05) is 46.2 Å². The Morgan fingerprint density at radius 2 is 1.71 bits per heavy atom. The number of piperazine rings is 1. The number of ether oxygens (including phenoxy) is 2. The minimum Gasteiger partial charge on any atom is -0.493 e. The van der Waals surface area contributed by atoms with Crippen LogP contribution < -0.4 is 9.47 Å². The molecule has 1 aromatic carbocycles. The van der Waals surface area contributed by atoms with Crippen molar-refractivity contribution in [3.05, 3.63) is 23.8 Å². The molecular weight excluding hydrogens is 328 g/mol. The van der Waals surface area contributed by atoms with E-state index in [1.807, 2.05) is 25.1 Å². The Balaban J connectivity index is 1.91. The first kappa shape index (κ1) is 19.0. The van der Waals surface area contributed by atoms with Gasteiger partial charge in [0.05, 0.1) is 20.0 Å². The molecule has 0 atom stereocenters. The number of hydrogen-bond acceptors (Lipinski definition) is 5. The molecule has 0 amide bonds. The molecule has 1 fully saturated rings. The molecule has 1 aromatic rings. The third-order valence-electron chi connectivity index (χ3n) is 4.33. The van der Waals surface area contributed by atoms with E-state index in [0.717, 1.165) is 43.8 Å². The molecule has 0 saturated carbocycles. The average Bonchev–Trinajstić information content (AvgIpc) is 2.60. The van der Waals surface area contributed by atoms with Gasteiger partial charge in [-0.1, -0.05) is 19.4 Å². The van der Waals surface area contributed by atoms with Crippen LogP contribution in [-0.2, 0) is 16.6 Å². The fraction of sp³-hybridized carbons (Fsp3) is 0.647. The zero-order valence-electron chi connectivity index (χ0n) is 14.8. The lowest BCUT2D eigenvalue weighted by Gasteiger charge is -2.34. The number of sulfonamides is 1. The van der Waals surface area contributed by atoms with Crippen LogP contribution >= 0.6 is 0 Å². The van der Waals surface area contributed by atoms with Crippen molar-refractivity contribution in [2.24, 2.45) is 0 Å². The van der Waals surface area contributed by atoms with Crippen molar-refractivity contribution in [1.82, 2.24) is 9.21 Å². The zero-order chi connectivity index (χ0) is 17.6. The molecule has 6 nitrogen and oxygen atoms in total. The molecule has 1 aliphatic heterocycles. The summed E-state index contributed by atoms with van der Waals surface area (Å²) in [6.45, 7) is 5.43. The average molecular weight is 356 g/mol. The van der Waals surface area contributed by atoms with Crippen molar-refractivity contribution >= 4 is 10.0 Å². The van der Waals surface area contributed by atoms with Gasteiger partial charge in [0.1, 0.15) is 0 Å². The molecule has 0 aliphatic carbocycles. The Hall–Kier alpha value is -1.31. The van der Waals surface area contributed by atoms with Crippen LogP contribution in [0.4, 0.5) is 0 Å². The highest BCUT2D eigenvalue weighted by Crippen LogP contribution is 2.28. The van der Waals surface area contributed by atoms with E-state index in [9.17, 15) is 8.42 Å². The molecule has 0 aromatic heterocycles. The van der Waals surface area contributed by atoms with Gasteiger partial charge in [0.2, 0.25) is 10.0 Å². The van der Waals surface area contributed by atoms with E-state index >= 15 is 0 Å². The van der Waals surface area contributed by atoms with Gasteiger partial charge in [-0.15, -0.1) is 0 Å². The summed E-state index contributed by atoms with van der Waals surface area (Å²) >= 11 is 0. The zero-order valence-corrected chi connectivity index (χ0v) is 15.6. The summed E-state index contributed by atoms with van der Waals surface area (Å²) in [5, 5.41) is 0. The second kappa shape index (κ2) is 8.69. The fourth-order valence-electron chi connectivity index (χ4n) is 2.86. The summed E-state index contributed by atoms with van der Waals surface area (Å²) in [4.78, 5) is 2.27. The second-order valence-electron chi connectivity index (χ2n) is 6.03. The van der Waals surface area contributed by atoms with Gasteiger partial charge in [-0.3, -0.25) is 4.90 Å². The fourth-order valence-corrected chi connectivity index (χ4v) is 4.49. The van der Waals surface area contributed by atoms with Gasteiger partial charge in [-0.25, -0.2) is 8.42 Å². The molecule has 1 aliphatic rings. The molecule has 0 N–H and O–H groups in total. The van der Waals surface area contributed by atoms with Crippen LogP contribution in [0.3, 0.4) is 0 Å². The van der Waals surface area contributed by atoms with E-state index in [0.29, 0.717) is 18.8 Å². The van der Waals surface area contributed by atoms with Crippen molar-refractivity contribution in [3.63, 3.8) is 0 Å². The summed E-state index contributed by atoms with van der Waals surface area (Å²) in [6.07, 6.45) is 1.63. The number of unbranched alkanes of at least 4 members (excludes halogenated alkanes) is 1. The van der Waals surface area contributed by atoms with E-state index in [1.54, 1.807) is 18.5 Å². The van der Waals surface area contributed by atoms with Crippen LogP contribution in [0.1, 0.15) is 25.3 Å². The van der Waals surface area contributed by atoms with Crippen molar-refractivity contribution in [2.45, 2.75) is 26.3 Å². The summed E-state index contributed by atoms with van der Waals surface area (Å²) in [5.41, 5.74) is 1.13. The smallest absolute Gasteiger partial charge is 0.214 e. The lowest BCUT2D eigenvalue weighted by molar-refractivity contribution is 0.181. The molecule has 1 saturated heterocycles. The normalized spacial score (nSPS) is 17.0. The third kappa shape index (κ3) is 4.84. The van der Waals surface area contributed by atoms with Gasteiger partial charge in [-0.2, -0.15) is 4.31 Å². The molecule has 0 unspecified atom stereocenters. The molecule has 0 bridgehead atoms. The predicted molar refractivity (Wildman–Crippen MR) is 95.1 cm³/mol. The molecule has 2 rings (SSSR count). The molecule has 136 valence electrons. The number of nitrogens with zero attached hydrogens (tertiary/aromatic N) is 2. The Kier molecular flexibility index (Phi) is 6.89. The van der Waals surface area contributed by atoms with Crippen LogP contribution in [0.25, 0.3) is 0 Å². The predicted octanol–water partition coefficient (Wildman–Crippen LogP) is 1.95. The van der Waals surface area contributed by atoms with E-state index in [4.69, 9.17) is 9.47 Å². The van der Waals surface area contributed by atoms with Crippen molar-refractivity contribution in [3.8, 4) is 11.5 Å². The first-order chi connectivity index (χ1) is 11.5. The summed E-state index contributed by atoms with van der Waals surface area (Å²) < 4.78 is 36.7. The summed E-state index contributed by atoms with van der Waals surface area (Å²) in [6, 6.07) is 5.90. The maximum Gasteiger partial charge on any atom is 0.214 e. The molecule has 24 heavy (non-hydrogen) atoms. The lowest BCUT2D eigenvalue weighted by Crippen LogP contribution is -2.48. The van der Waals surface area contributed by atoms with Crippen LogP contribution in [0.15, 0.2) is 18.2 Å². The molecule has 7 heteroatoms. The van der Waals surface area contributed by atoms with Gasteiger partial charge in [0.25, 0.3) is 0 Å². The Morgan fingerprint density at radius 3 is 2.29 bits per heavy atom. The minimum atomic E-state index is -3.09. The largest absolute Gasteiger partial charge is 0.493 e. The second-order valence-corrected chi connectivity index (χ2v) is 8.12. The maximum atomic E-state index is 12.2. The Bertz CT molecular complexity index is 625. The van der Waals surface area contributed by atoms with Gasteiger partial charge < -0.3 is 9.47 Å². The Morgan fingerprint density at radius 1 is 1.04 bits per heavy atom.